The summed E-state index contributed by atoms with van der Waals surface area (Å²) >= 11 is 7.21. The summed E-state index contributed by atoms with van der Waals surface area (Å²) in [7, 11) is 1.87. The summed E-state index contributed by atoms with van der Waals surface area (Å²) < 4.78 is 1.86. The molecule has 2 aromatic carbocycles. The van der Waals surface area contributed by atoms with Crippen molar-refractivity contribution in [1.29, 1.82) is 5.26 Å². The molecular weight excluding hydrogens is 382 g/mol. The van der Waals surface area contributed by atoms with E-state index in [2.05, 4.69) is 15.5 Å². The van der Waals surface area contributed by atoms with Gasteiger partial charge in [-0.1, -0.05) is 47.6 Å². The van der Waals surface area contributed by atoms with E-state index in [0.29, 0.717) is 21.4 Å². The molecule has 1 N–H and O–H groups in total. The fourth-order valence-electron chi connectivity index (χ4n) is 2.53. The number of carbonyl (C=O) groups excluding carboxylic acids is 1. The topological polar surface area (TPSA) is 83.6 Å². The van der Waals surface area contributed by atoms with Gasteiger partial charge in [-0.2, -0.15) is 5.26 Å². The van der Waals surface area contributed by atoms with Gasteiger partial charge in [0.1, 0.15) is 6.07 Å². The number of nitriles is 1. The molecular formula is C19H16ClN5OS. The zero-order valence-corrected chi connectivity index (χ0v) is 16.3. The number of anilines is 1. The maximum Gasteiger partial charge on any atom is 0.234 e. The third-order valence-electron chi connectivity index (χ3n) is 3.93. The zero-order chi connectivity index (χ0) is 19.4. The van der Waals surface area contributed by atoms with Crippen molar-refractivity contribution < 1.29 is 4.79 Å². The predicted octanol–water partition coefficient (Wildman–Crippen LogP) is 4.05. The number of hydrogen-bond donors (Lipinski definition) is 1. The molecule has 0 spiro atoms. The van der Waals surface area contributed by atoms with Crippen molar-refractivity contribution in [2.24, 2.45) is 7.05 Å². The Bertz CT molecular complexity index is 1040. The van der Waals surface area contributed by atoms with Crippen molar-refractivity contribution in [1.82, 2.24) is 14.8 Å². The highest BCUT2D eigenvalue weighted by molar-refractivity contribution is 7.99. The number of nitrogens with zero attached hydrogens (tertiary/aromatic N) is 4. The highest BCUT2D eigenvalue weighted by Gasteiger charge is 2.15. The molecule has 27 heavy (non-hydrogen) atoms. The summed E-state index contributed by atoms with van der Waals surface area (Å²) in [6.07, 6.45) is 0. The van der Waals surface area contributed by atoms with Crippen LogP contribution in [0.4, 0.5) is 5.69 Å². The first-order valence-electron chi connectivity index (χ1n) is 8.07. The summed E-state index contributed by atoms with van der Waals surface area (Å²) in [5, 5.41) is 21.4. The molecule has 0 saturated carbocycles. The van der Waals surface area contributed by atoms with Crippen molar-refractivity contribution >= 4 is 35.0 Å². The number of aryl methyl sites for hydroxylation is 1. The van der Waals surface area contributed by atoms with Crippen LogP contribution in [0.15, 0.2) is 47.6 Å². The van der Waals surface area contributed by atoms with Gasteiger partial charge in [0.05, 0.1) is 17.0 Å². The van der Waals surface area contributed by atoms with Gasteiger partial charge in [0, 0.05) is 17.6 Å². The first-order valence-corrected chi connectivity index (χ1v) is 9.43. The lowest BCUT2D eigenvalue weighted by atomic mass is 10.1. The van der Waals surface area contributed by atoms with Gasteiger partial charge >= 0.3 is 0 Å². The Balaban J connectivity index is 1.69. The van der Waals surface area contributed by atoms with Gasteiger partial charge in [-0.3, -0.25) is 4.79 Å². The van der Waals surface area contributed by atoms with Gasteiger partial charge < -0.3 is 9.88 Å². The largest absolute Gasteiger partial charge is 0.324 e. The van der Waals surface area contributed by atoms with Gasteiger partial charge in [0.25, 0.3) is 0 Å². The molecule has 3 aromatic rings. The molecule has 1 heterocycles. The molecule has 0 saturated heterocycles. The van der Waals surface area contributed by atoms with Crippen LogP contribution in [0.3, 0.4) is 0 Å². The second-order valence-corrected chi connectivity index (χ2v) is 7.20. The maximum absolute atomic E-state index is 12.3. The summed E-state index contributed by atoms with van der Waals surface area (Å²) in [4.78, 5) is 12.3. The SMILES string of the molecule is Cc1ccccc1-c1nnc(SCC(=O)Nc2cc(Cl)ccc2C#N)n1C. The summed E-state index contributed by atoms with van der Waals surface area (Å²) in [6, 6.07) is 14.7. The van der Waals surface area contributed by atoms with E-state index in [1.807, 2.05) is 48.9 Å². The quantitative estimate of drug-likeness (QED) is 0.656. The number of rotatable bonds is 5. The number of carbonyl (C=O) groups is 1. The fourth-order valence-corrected chi connectivity index (χ4v) is 3.42. The lowest BCUT2D eigenvalue weighted by Crippen LogP contribution is -2.15. The molecule has 0 unspecified atom stereocenters. The van der Waals surface area contributed by atoms with Gasteiger partial charge in [0.2, 0.25) is 5.91 Å². The minimum absolute atomic E-state index is 0.136. The highest BCUT2D eigenvalue weighted by atomic mass is 35.5. The summed E-state index contributed by atoms with van der Waals surface area (Å²) in [6.45, 7) is 2.02. The van der Waals surface area contributed by atoms with Crippen LogP contribution < -0.4 is 5.32 Å². The first kappa shape index (κ1) is 19.0. The third-order valence-corrected chi connectivity index (χ3v) is 5.18. The van der Waals surface area contributed by atoms with Crippen LogP contribution in [0, 0.1) is 18.3 Å². The Morgan fingerprint density at radius 2 is 2.07 bits per heavy atom. The van der Waals surface area contributed by atoms with E-state index in [1.54, 1.807) is 18.2 Å². The van der Waals surface area contributed by atoms with Crippen LogP contribution in [0.1, 0.15) is 11.1 Å². The monoisotopic (exact) mass is 397 g/mol. The molecule has 3 rings (SSSR count). The van der Waals surface area contributed by atoms with Crippen molar-refractivity contribution in [2.75, 3.05) is 11.1 Å². The lowest BCUT2D eigenvalue weighted by Gasteiger charge is -2.08. The molecule has 1 aromatic heterocycles. The molecule has 0 bridgehead atoms. The molecule has 0 radical (unpaired) electrons. The Labute approximate surface area is 166 Å². The Kier molecular flexibility index (Phi) is 5.79. The average molecular weight is 398 g/mol. The second-order valence-electron chi connectivity index (χ2n) is 5.82. The first-order chi connectivity index (χ1) is 13.0. The Hall–Kier alpha value is -2.82. The van der Waals surface area contributed by atoms with E-state index in [4.69, 9.17) is 16.9 Å². The molecule has 8 heteroatoms. The lowest BCUT2D eigenvalue weighted by molar-refractivity contribution is -0.113. The normalized spacial score (nSPS) is 10.4. The molecule has 1 amide bonds. The maximum atomic E-state index is 12.3. The Morgan fingerprint density at radius 3 is 2.81 bits per heavy atom. The number of thioether (sulfide) groups is 1. The van der Waals surface area contributed by atoms with Crippen molar-refractivity contribution in [3.05, 3.63) is 58.6 Å². The van der Waals surface area contributed by atoms with Crippen LogP contribution in [0.25, 0.3) is 11.4 Å². The van der Waals surface area contributed by atoms with E-state index in [-0.39, 0.29) is 11.7 Å². The summed E-state index contributed by atoms with van der Waals surface area (Å²) in [5.74, 6) is 0.633. The van der Waals surface area contributed by atoms with Gasteiger partial charge in [0.15, 0.2) is 11.0 Å². The fraction of sp³-hybridized carbons (Fsp3) is 0.158. The number of benzene rings is 2. The smallest absolute Gasteiger partial charge is 0.234 e. The van der Waals surface area contributed by atoms with Gasteiger partial charge in [-0.25, -0.2) is 0 Å². The van der Waals surface area contributed by atoms with Gasteiger partial charge in [-0.15, -0.1) is 10.2 Å². The molecule has 0 aliphatic heterocycles. The standard InChI is InChI=1S/C19H16ClN5OS/c1-12-5-3-4-6-15(12)18-23-24-19(25(18)2)27-11-17(26)22-16-9-14(20)8-7-13(16)10-21/h3-9H,11H2,1-2H3,(H,22,26). The minimum Gasteiger partial charge on any atom is -0.324 e. The number of hydrogen-bond acceptors (Lipinski definition) is 5. The van der Waals surface area contributed by atoms with Crippen LogP contribution in [0.5, 0.6) is 0 Å². The van der Waals surface area contributed by atoms with Crippen LogP contribution >= 0.6 is 23.4 Å². The molecule has 136 valence electrons. The predicted molar refractivity (Wildman–Crippen MR) is 107 cm³/mol. The van der Waals surface area contributed by atoms with Gasteiger partial charge in [-0.05, 0) is 30.7 Å². The van der Waals surface area contributed by atoms with Crippen molar-refractivity contribution in [3.63, 3.8) is 0 Å². The number of aromatic nitrogens is 3. The van der Waals surface area contributed by atoms with E-state index in [9.17, 15) is 4.79 Å². The summed E-state index contributed by atoms with van der Waals surface area (Å²) in [5.41, 5.74) is 2.86. The second kappa shape index (κ2) is 8.25. The number of halogens is 1. The number of amides is 1. The number of nitrogens with one attached hydrogen (secondary N) is 1. The minimum atomic E-state index is -0.251. The van der Waals surface area contributed by atoms with E-state index < -0.39 is 0 Å². The molecule has 0 fully saturated rings. The molecule has 0 aliphatic carbocycles. The van der Waals surface area contributed by atoms with E-state index >= 15 is 0 Å². The molecule has 0 aliphatic rings. The molecule has 0 atom stereocenters. The molecule has 6 nitrogen and oxygen atoms in total. The van der Waals surface area contributed by atoms with Crippen molar-refractivity contribution in [2.45, 2.75) is 12.1 Å². The van der Waals surface area contributed by atoms with E-state index in [1.165, 1.54) is 11.8 Å². The Morgan fingerprint density at radius 1 is 1.30 bits per heavy atom. The van der Waals surface area contributed by atoms with Crippen molar-refractivity contribution in [3.8, 4) is 17.5 Å². The third kappa shape index (κ3) is 4.30. The average Bonchev–Trinajstić information content (AvgIpc) is 3.01. The van der Waals surface area contributed by atoms with Crippen LogP contribution in [0.2, 0.25) is 5.02 Å². The highest BCUT2D eigenvalue weighted by Crippen LogP contribution is 2.25. The van der Waals surface area contributed by atoms with E-state index in [0.717, 1.165) is 17.0 Å². The van der Waals surface area contributed by atoms with Crippen LogP contribution in [-0.4, -0.2) is 26.4 Å². The van der Waals surface area contributed by atoms with Crippen LogP contribution in [-0.2, 0) is 11.8 Å². The zero-order valence-electron chi connectivity index (χ0n) is 14.7.